The van der Waals surface area contributed by atoms with Crippen molar-refractivity contribution in [2.45, 2.75) is 37.8 Å². The fourth-order valence-electron chi connectivity index (χ4n) is 1.32. The number of benzene rings is 1. The van der Waals surface area contributed by atoms with E-state index in [1.165, 1.54) is 5.56 Å². The van der Waals surface area contributed by atoms with Gasteiger partial charge in [0, 0.05) is 11.4 Å². The first-order chi connectivity index (χ1) is 7.99. The summed E-state index contributed by atoms with van der Waals surface area (Å²) in [5.41, 5.74) is 1.24. The molecule has 1 amide bonds. The number of amides is 1. The molecule has 0 bridgehead atoms. The van der Waals surface area contributed by atoms with Crippen molar-refractivity contribution >= 4 is 17.7 Å². The molecule has 1 aromatic carbocycles. The van der Waals surface area contributed by atoms with Gasteiger partial charge in [-0.05, 0) is 31.9 Å². The van der Waals surface area contributed by atoms with E-state index in [0.29, 0.717) is 5.92 Å². The third-order valence-corrected chi connectivity index (χ3v) is 3.50. The van der Waals surface area contributed by atoms with E-state index in [2.05, 4.69) is 50.4 Å². The van der Waals surface area contributed by atoms with Gasteiger partial charge in [0.05, 0.1) is 5.25 Å². The Balaban J connectivity index is 2.45. The quantitative estimate of drug-likeness (QED) is 0.814. The Labute approximate surface area is 108 Å². The molecule has 94 valence electrons. The maximum atomic E-state index is 11.8. The lowest BCUT2D eigenvalue weighted by molar-refractivity contribution is -0.120. The van der Waals surface area contributed by atoms with Crippen LogP contribution in [0, 0.1) is 12.8 Å². The van der Waals surface area contributed by atoms with Crippen LogP contribution < -0.4 is 5.32 Å². The van der Waals surface area contributed by atoms with Crippen LogP contribution in [0.1, 0.15) is 26.3 Å². The summed E-state index contributed by atoms with van der Waals surface area (Å²) in [7, 11) is 0. The molecular formula is C14H21NOS. The molecule has 0 spiro atoms. The molecule has 0 heterocycles. The highest BCUT2D eigenvalue weighted by molar-refractivity contribution is 8.00. The van der Waals surface area contributed by atoms with Gasteiger partial charge in [0.15, 0.2) is 0 Å². The van der Waals surface area contributed by atoms with E-state index in [1.54, 1.807) is 11.8 Å². The van der Waals surface area contributed by atoms with E-state index < -0.39 is 0 Å². The summed E-state index contributed by atoms with van der Waals surface area (Å²) in [6.07, 6.45) is 0. The first kappa shape index (κ1) is 14.1. The fraction of sp³-hybridized carbons (Fsp3) is 0.500. The summed E-state index contributed by atoms with van der Waals surface area (Å²) in [4.78, 5) is 12.9. The Kier molecular flexibility index (Phi) is 5.56. The van der Waals surface area contributed by atoms with Crippen molar-refractivity contribution in [3.05, 3.63) is 29.8 Å². The molecular weight excluding hydrogens is 230 g/mol. The SMILES string of the molecule is Cc1ccc(S[C@@H](C)C(=O)NCC(C)C)cc1. The predicted molar refractivity (Wildman–Crippen MR) is 74.3 cm³/mol. The maximum absolute atomic E-state index is 11.8. The summed E-state index contributed by atoms with van der Waals surface area (Å²) in [5.74, 6) is 0.611. The third-order valence-electron chi connectivity index (χ3n) is 2.39. The van der Waals surface area contributed by atoms with Gasteiger partial charge in [-0.3, -0.25) is 4.79 Å². The van der Waals surface area contributed by atoms with Crippen molar-refractivity contribution in [3.8, 4) is 0 Å². The van der Waals surface area contributed by atoms with Crippen LogP contribution in [-0.4, -0.2) is 17.7 Å². The van der Waals surface area contributed by atoms with Crippen LogP contribution in [0.5, 0.6) is 0 Å². The van der Waals surface area contributed by atoms with E-state index in [4.69, 9.17) is 0 Å². The largest absolute Gasteiger partial charge is 0.355 e. The molecule has 1 rings (SSSR count). The topological polar surface area (TPSA) is 29.1 Å². The highest BCUT2D eigenvalue weighted by Gasteiger charge is 2.13. The van der Waals surface area contributed by atoms with Crippen LogP contribution >= 0.6 is 11.8 Å². The summed E-state index contributed by atoms with van der Waals surface area (Å²) < 4.78 is 0. The summed E-state index contributed by atoms with van der Waals surface area (Å²) in [5, 5.41) is 2.91. The Morgan fingerprint density at radius 3 is 2.35 bits per heavy atom. The third kappa shape index (κ3) is 5.26. The predicted octanol–water partition coefficient (Wildman–Crippen LogP) is 3.25. The van der Waals surface area contributed by atoms with Crippen molar-refractivity contribution in [1.82, 2.24) is 5.32 Å². The number of aryl methyl sites for hydroxylation is 1. The van der Waals surface area contributed by atoms with Crippen molar-refractivity contribution < 1.29 is 4.79 Å². The molecule has 17 heavy (non-hydrogen) atoms. The Morgan fingerprint density at radius 2 is 1.82 bits per heavy atom. The molecule has 1 atom stereocenters. The van der Waals surface area contributed by atoms with Gasteiger partial charge < -0.3 is 5.32 Å². The lowest BCUT2D eigenvalue weighted by Crippen LogP contribution is -2.33. The average molecular weight is 251 g/mol. The first-order valence-electron chi connectivity index (χ1n) is 6.00. The molecule has 0 aliphatic rings. The molecule has 0 radical (unpaired) electrons. The molecule has 0 unspecified atom stereocenters. The van der Waals surface area contributed by atoms with Crippen molar-refractivity contribution in [1.29, 1.82) is 0 Å². The van der Waals surface area contributed by atoms with Gasteiger partial charge in [-0.15, -0.1) is 11.8 Å². The van der Waals surface area contributed by atoms with E-state index >= 15 is 0 Å². The monoisotopic (exact) mass is 251 g/mol. The molecule has 1 N–H and O–H groups in total. The molecule has 0 aliphatic heterocycles. The lowest BCUT2D eigenvalue weighted by Gasteiger charge is -2.13. The minimum atomic E-state index is -0.0449. The number of hydrogen-bond acceptors (Lipinski definition) is 2. The number of carbonyl (C=O) groups is 1. The second-order valence-electron chi connectivity index (χ2n) is 4.71. The number of hydrogen-bond donors (Lipinski definition) is 1. The van der Waals surface area contributed by atoms with Crippen LogP contribution in [0.3, 0.4) is 0 Å². The molecule has 0 saturated heterocycles. The number of rotatable bonds is 5. The van der Waals surface area contributed by atoms with Gasteiger partial charge in [0.2, 0.25) is 5.91 Å². The molecule has 0 aromatic heterocycles. The van der Waals surface area contributed by atoms with Crippen molar-refractivity contribution in [2.75, 3.05) is 6.54 Å². The van der Waals surface area contributed by atoms with Crippen LogP contribution in [0.15, 0.2) is 29.2 Å². The second kappa shape index (κ2) is 6.70. The van der Waals surface area contributed by atoms with Gasteiger partial charge in [-0.25, -0.2) is 0 Å². The molecule has 1 aromatic rings. The highest BCUT2D eigenvalue weighted by Crippen LogP contribution is 2.23. The molecule has 0 aliphatic carbocycles. The van der Waals surface area contributed by atoms with Crippen LogP contribution in [0.2, 0.25) is 0 Å². The van der Waals surface area contributed by atoms with E-state index in [0.717, 1.165) is 11.4 Å². The number of nitrogens with one attached hydrogen (secondary N) is 1. The second-order valence-corrected chi connectivity index (χ2v) is 6.13. The summed E-state index contributed by atoms with van der Waals surface area (Å²) in [6, 6.07) is 8.26. The Hall–Kier alpha value is -0.960. The van der Waals surface area contributed by atoms with Gasteiger partial charge in [-0.1, -0.05) is 31.5 Å². The van der Waals surface area contributed by atoms with Gasteiger partial charge in [0.25, 0.3) is 0 Å². The van der Waals surface area contributed by atoms with Crippen LogP contribution in [0.4, 0.5) is 0 Å². The van der Waals surface area contributed by atoms with Crippen LogP contribution in [-0.2, 0) is 4.79 Å². The van der Waals surface area contributed by atoms with E-state index in [1.807, 2.05) is 6.92 Å². The van der Waals surface area contributed by atoms with Gasteiger partial charge >= 0.3 is 0 Å². The van der Waals surface area contributed by atoms with Crippen molar-refractivity contribution in [3.63, 3.8) is 0 Å². The molecule has 0 fully saturated rings. The average Bonchev–Trinajstić information content (AvgIpc) is 2.28. The van der Waals surface area contributed by atoms with E-state index in [9.17, 15) is 4.79 Å². The maximum Gasteiger partial charge on any atom is 0.233 e. The van der Waals surface area contributed by atoms with Gasteiger partial charge in [0.1, 0.15) is 0 Å². The fourth-order valence-corrected chi connectivity index (χ4v) is 2.21. The molecule has 3 heteroatoms. The minimum absolute atomic E-state index is 0.0449. The van der Waals surface area contributed by atoms with Gasteiger partial charge in [-0.2, -0.15) is 0 Å². The lowest BCUT2D eigenvalue weighted by atomic mass is 10.2. The zero-order valence-electron chi connectivity index (χ0n) is 11.0. The van der Waals surface area contributed by atoms with E-state index in [-0.39, 0.29) is 11.2 Å². The molecule has 0 saturated carbocycles. The van der Waals surface area contributed by atoms with Crippen LogP contribution in [0.25, 0.3) is 0 Å². The smallest absolute Gasteiger partial charge is 0.233 e. The number of carbonyl (C=O) groups excluding carboxylic acids is 1. The zero-order chi connectivity index (χ0) is 12.8. The minimum Gasteiger partial charge on any atom is -0.355 e. The zero-order valence-corrected chi connectivity index (χ0v) is 11.8. The Morgan fingerprint density at radius 1 is 1.24 bits per heavy atom. The summed E-state index contributed by atoms with van der Waals surface area (Å²) >= 11 is 1.60. The summed E-state index contributed by atoms with van der Waals surface area (Å²) in [6.45, 7) is 8.95. The normalized spacial score (nSPS) is 12.5. The standard InChI is InChI=1S/C14H21NOS/c1-10(2)9-15-14(16)12(4)17-13-7-5-11(3)6-8-13/h5-8,10,12H,9H2,1-4H3,(H,15,16)/t12-/m0/s1. The number of thioether (sulfide) groups is 1. The first-order valence-corrected chi connectivity index (χ1v) is 6.88. The molecule has 2 nitrogen and oxygen atoms in total. The van der Waals surface area contributed by atoms with Crippen molar-refractivity contribution in [2.24, 2.45) is 5.92 Å². The highest BCUT2D eigenvalue weighted by atomic mass is 32.2. The Bertz CT molecular complexity index is 359.